The lowest BCUT2D eigenvalue weighted by Crippen LogP contribution is -2.60. The number of hydrogen-bond donors (Lipinski definition) is 3. The molecule has 1 heterocycles. The van der Waals surface area contributed by atoms with Crippen LogP contribution in [0.25, 0.3) is 0 Å². The third-order valence-electron chi connectivity index (χ3n) is 7.20. The molecule has 0 bridgehead atoms. The molecule has 2 aliphatic carbocycles. The number of aromatic nitrogens is 2. The molecule has 0 spiro atoms. The topological polar surface area (TPSA) is 92.9 Å². The van der Waals surface area contributed by atoms with Crippen LogP contribution in [0.1, 0.15) is 53.7 Å². The number of primary amides is 1. The fourth-order valence-corrected chi connectivity index (χ4v) is 5.34. The Kier molecular flexibility index (Phi) is 6.25. The predicted molar refractivity (Wildman–Crippen MR) is 125 cm³/mol. The fraction of sp³-hybridized carbons (Fsp3) is 0.542. The van der Waals surface area contributed by atoms with Gasteiger partial charge >= 0.3 is 0 Å². The van der Waals surface area contributed by atoms with E-state index in [1.807, 2.05) is 7.05 Å². The molecule has 31 heavy (non-hydrogen) atoms. The Balaban J connectivity index is 1.62. The number of quaternary nitrogens is 1. The van der Waals surface area contributed by atoms with Crippen molar-refractivity contribution >= 4 is 17.5 Å². The zero-order valence-corrected chi connectivity index (χ0v) is 18.9. The summed E-state index contributed by atoms with van der Waals surface area (Å²) >= 11 is 0. The molecule has 7 heteroatoms. The Hall–Kier alpha value is -2.51. The number of hydrogen-bond acceptors (Lipinski definition) is 5. The van der Waals surface area contributed by atoms with E-state index in [4.69, 9.17) is 10.7 Å². The van der Waals surface area contributed by atoms with Crippen LogP contribution in [-0.4, -0.2) is 55.1 Å². The average Bonchev–Trinajstić information content (AvgIpc) is 2.78. The Morgan fingerprint density at radius 3 is 2.61 bits per heavy atom. The largest absolute Gasteiger partial charge is 0.365 e. The molecule has 1 amide bonds. The van der Waals surface area contributed by atoms with E-state index in [0.717, 1.165) is 31.5 Å². The summed E-state index contributed by atoms with van der Waals surface area (Å²) in [4.78, 5) is 21.5. The van der Waals surface area contributed by atoms with Crippen molar-refractivity contribution in [2.45, 2.75) is 63.1 Å². The number of benzene rings is 1. The number of likely N-dealkylation sites (N-methyl/N-ethyl adjacent to an activating group) is 2. The lowest BCUT2D eigenvalue weighted by atomic mass is 9.88. The summed E-state index contributed by atoms with van der Waals surface area (Å²) in [5, 5.41) is 7.01. The van der Waals surface area contributed by atoms with Gasteiger partial charge in [-0.15, -0.1) is 0 Å². The number of anilines is 1. The van der Waals surface area contributed by atoms with Gasteiger partial charge in [-0.1, -0.05) is 30.7 Å². The maximum atomic E-state index is 12.1. The van der Waals surface area contributed by atoms with Crippen molar-refractivity contribution in [1.82, 2.24) is 19.8 Å². The summed E-state index contributed by atoms with van der Waals surface area (Å²) in [6.07, 6.45) is 9.42. The van der Waals surface area contributed by atoms with Gasteiger partial charge in [-0.25, -0.2) is 4.98 Å². The highest BCUT2D eigenvalue weighted by atomic mass is 16.1. The van der Waals surface area contributed by atoms with Gasteiger partial charge in [0.25, 0.3) is 5.91 Å². The predicted octanol–water partition coefficient (Wildman–Crippen LogP) is 2.64. The Bertz CT molecular complexity index is 943. The van der Waals surface area contributed by atoms with Gasteiger partial charge in [0.1, 0.15) is 12.2 Å². The van der Waals surface area contributed by atoms with Crippen LogP contribution in [0, 0.1) is 0 Å². The van der Waals surface area contributed by atoms with Crippen molar-refractivity contribution in [2.75, 3.05) is 26.5 Å². The molecule has 3 atom stereocenters. The molecule has 3 unspecified atom stereocenters. The van der Waals surface area contributed by atoms with Crippen LogP contribution in [0.4, 0.5) is 11.6 Å². The lowest BCUT2D eigenvalue weighted by molar-refractivity contribution is 0.0995. The molecule has 1 aromatic carbocycles. The third-order valence-corrected chi connectivity index (χ3v) is 7.20. The van der Waals surface area contributed by atoms with E-state index in [-0.39, 0.29) is 11.7 Å². The van der Waals surface area contributed by atoms with E-state index in [1.54, 1.807) is 6.20 Å². The highest BCUT2D eigenvalue weighted by Gasteiger charge is 2.40. The van der Waals surface area contributed by atoms with Gasteiger partial charge < -0.3 is 16.4 Å². The SMILES string of the molecule is CNC1CCCCC1[N+](C)(C)c1cnc(C(N)=O)c(NC2CCc3ccccc3C2)n1. The highest BCUT2D eigenvalue weighted by molar-refractivity contribution is 5.95. The summed E-state index contributed by atoms with van der Waals surface area (Å²) in [5.41, 5.74) is 8.62. The van der Waals surface area contributed by atoms with Crippen LogP contribution in [0.3, 0.4) is 0 Å². The van der Waals surface area contributed by atoms with Gasteiger partial charge in [-0.3, -0.25) is 9.28 Å². The first-order chi connectivity index (χ1) is 14.9. The molecule has 1 saturated carbocycles. The third kappa shape index (κ3) is 4.43. The smallest absolute Gasteiger partial charge is 0.271 e. The standard InChI is InChI=1S/C24H34N6O/c1-26-19-10-6-7-11-20(19)30(2,3)21-15-27-22(23(25)31)24(29-21)28-18-13-12-16-8-4-5-9-17(16)14-18/h4-5,8-9,15,18-20,26H,6-7,10-14H2,1-3H3,(H2-,25,28,29,31)/p+1. The number of aryl methyl sites for hydroxylation is 1. The minimum absolute atomic E-state index is 0.202. The minimum Gasteiger partial charge on any atom is -0.365 e. The molecule has 0 radical (unpaired) electrons. The van der Waals surface area contributed by atoms with Crippen molar-refractivity contribution in [1.29, 1.82) is 0 Å². The monoisotopic (exact) mass is 423 g/mol. The zero-order valence-electron chi connectivity index (χ0n) is 18.9. The van der Waals surface area contributed by atoms with Crippen molar-refractivity contribution in [3.05, 3.63) is 47.3 Å². The van der Waals surface area contributed by atoms with Crippen LogP contribution >= 0.6 is 0 Å². The van der Waals surface area contributed by atoms with Gasteiger partial charge in [0, 0.05) is 12.5 Å². The van der Waals surface area contributed by atoms with Gasteiger partial charge in [0.2, 0.25) is 5.82 Å². The van der Waals surface area contributed by atoms with Gasteiger partial charge in [-0.05, 0) is 50.3 Å². The molecule has 1 fully saturated rings. The average molecular weight is 424 g/mol. The minimum atomic E-state index is -0.547. The Labute approximate surface area is 185 Å². The second-order valence-electron chi connectivity index (χ2n) is 9.43. The zero-order chi connectivity index (χ0) is 22.0. The summed E-state index contributed by atoms with van der Waals surface area (Å²) in [6.45, 7) is 0. The summed E-state index contributed by atoms with van der Waals surface area (Å²) in [5.74, 6) is 0.821. The molecule has 166 valence electrons. The Morgan fingerprint density at radius 1 is 1.13 bits per heavy atom. The van der Waals surface area contributed by atoms with Gasteiger partial charge in [0.05, 0.1) is 20.1 Å². The lowest BCUT2D eigenvalue weighted by Gasteiger charge is -2.43. The molecule has 7 nitrogen and oxygen atoms in total. The van der Waals surface area contributed by atoms with E-state index < -0.39 is 5.91 Å². The number of amides is 1. The molecule has 0 saturated heterocycles. The number of carbonyl (C=O) groups is 1. The fourth-order valence-electron chi connectivity index (χ4n) is 5.34. The Morgan fingerprint density at radius 2 is 1.87 bits per heavy atom. The highest BCUT2D eigenvalue weighted by Crippen LogP contribution is 2.32. The maximum absolute atomic E-state index is 12.1. The quantitative estimate of drug-likeness (QED) is 0.621. The number of nitrogens with one attached hydrogen (secondary N) is 2. The molecule has 0 aliphatic heterocycles. The van der Waals surface area contributed by atoms with Gasteiger partial charge in [0.15, 0.2) is 11.5 Å². The molecule has 2 aliphatic rings. The van der Waals surface area contributed by atoms with E-state index in [0.29, 0.717) is 22.4 Å². The van der Waals surface area contributed by atoms with Crippen molar-refractivity contribution in [3.63, 3.8) is 0 Å². The van der Waals surface area contributed by atoms with E-state index in [1.165, 1.54) is 30.4 Å². The van der Waals surface area contributed by atoms with Crippen molar-refractivity contribution in [3.8, 4) is 0 Å². The second-order valence-corrected chi connectivity index (χ2v) is 9.43. The van der Waals surface area contributed by atoms with Crippen LogP contribution in [0.2, 0.25) is 0 Å². The van der Waals surface area contributed by atoms with Crippen LogP contribution in [-0.2, 0) is 12.8 Å². The van der Waals surface area contributed by atoms with E-state index >= 15 is 0 Å². The number of carbonyl (C=O) groups excluding carboxylic acids is 1. The molecular formula is C24H35N6O+. The summed E-state index contributed by atoms with van der Waals surface area (Å²) < 4.78 is 0.625. The molecule has 1 aromatic heterocycles. The van der Waals surface area contributed by atoms with Crippen LogP contribution < -0.4 is 20.9 Å². The van der Waals surface area contributed by atoms with Crippen LogP contribution in [0.5, 0.6) is 0 Å². The first-order valence-corrected chi connectivity index (χ1v) is 11.4. The first kappa shape index (κ1) is 21.7. The molecule has 2 aromatic rings. The molecule has 4 rings (SSSR count). The number of rotatable bonds is 6. The second kappa shape index (κ2) is 8.93. The molecular weight excluding hydrogens is 388 g/mol. The summed E-state index contributed by atoms with van der Waals surface area (Å²) in [6, 6.07) is 9.60. The van der Waals surface area contributed by atoms with Crippen LogP contribution in [0.15, 0.2) is 30.5 Å². The number of nitrogens with zero attached hydrogens (tertiary/aromatic N) is 3. The normalized spacial score (nSPS) is 23.8. The first-order valence-electron chi connectivity index (χ1n) is 11.4. The summed E-state index contributed by atoms with van der Waals surface area (Å²) in [7, 11) is 6.42. The van der Waals surface area contributed by atoms with Crippen molar-refractivity contribution < 1.29 is 4.79 Å². The maximum Gasteiger partial charge on any atom is 0.271 e. The van der Waals surface area contributed by atoms with Gasteiger partial charge in [-0.2, -0.15) is 4.98 Å². The number of fused-ring (bicyclic) bond motifs is 1. The van der Waals surface area contributed by atoms with Crippen molar-refractivity contribution in [2.24, 2.45) is 5.73 Å². The van der Waals surface area contributed by atoms with E-state index in [9.17, 15) is 4.79 Å². The molecule has 4 N–H and O–H groups in total. The number of nitrogens with two attached hydrogens (primary N) is 1. The van der Waals surface area contributed by atoms with E-state index in [2.05, 4.69) is 54.0 Å².